The first-order valence-electron chi connectivity index (χ1n) is 8.47. The molecule has 0 radical (unpaired) electrons. The summed E-state index contributed by atoms with van der Waals surface area (Å²) >= 11 is 0. The number of hydrogen-bond acceptors (Lipinski definition) is 4. The molecule has 0 bridgehead atoms. The topological polar surface area (TPSA) is 75.7 Å². The average molecular weight is 352 g/mol. The van der Waals surface area contributed by atoms with Crippen molar-refractivity contribution < 1.29 is 19.1 Å². The summed E-state index contributed by atoms with van der Waals surface area (Å²) in [6.45, 7) is 1.52. The second-order valence-corrected chi connectivity index (χ2v) is 6.11. The molecular weight excluding hydrogens is 332 g/mol. The third-order valence-corrected chi connectivity index (χ3v) is 4.31. The Hall–Kier alpha value is -3.15. The van der Waals surface area contributed by atoms with E-state index in [4.69, 9.17) is 0 Å². The monoisotopic (exact) mass is 352 g/mol. The van der Waals surface area contributed by atoms with E-state index in [9.17, 15) is 14.4 Å². The van der Waals surface area contributed by atoms with Gasteiger partial charge in [0.1, 0.15) is 0 Å². The van der Waals surface area contributed by atoms with Gasteiger partial charge >= 0.3 is 5.97 Å². The van der Waals surface area contributed by atoms with E-state index >= 15 is 0 Å². The molecule has 1 N–H and O–H groups in total. The van der Waals surface area contributed by atoms with Gasteiger partial charge in [-0.3, -0.25) is 9.59 Å². The molecule has 2 amide bonds. The molecule has 1 heterocycles. The van der Waals surface area contributed by atoms with E-state index in [1.54, 1.807) is 53.4 Å². The average Bonchev–Trinajstić information content (AvgIpc) is 3.22. The molecule has 134 valence electrons. The Morgan fingerprint density at radius 3 is 2.31 bits per heavy atom. The van der Waals surface area contributed by atoms with Gasteiger partial charge in [0.05, 0.1) is 12.7 Å². The van der Waals surface area contributed by atoms with Crippen LogP contribution in [0.1, 0.15) is 43.9 Å². The highest BCUT2D eigenvalue weighted by atomic mass is 16.5. The maximum atomic E-state index is 12.5. The Labute approximate surface area is 151 Å². The molecule has 6 nitrogen and oxygen atoms in total. The fraction of sp³-hybridized carbons (Fsp3) is 0.250. The SMILES string of the molecule is COC(=O)c1cccc(NC(=O)c2cccc(C(=O)N3CCCC3)c2)c1. The smallest absolute Gasteiger partial charge is 0.337 e. The van der Waals surface area contributed by atoms with E-state index in [-0.39, 0.29) is 11.8 Å². The van der Waals surface area contributed by atoms with Crippen molar-refractivity contribution in [2.45, 2.75) is 12.8 Å². The van der Waals surface area contributed by atoms with Crippen LogP contribution in [-0.2, 0) is 4.74 Å². The van der Waals surface area contributed by atoms with Gasteiger partial charge in [0.2, 0.25) is 0 Å². The molecule has 2 aromatic rings. The van der Waals surface area contributed by atoms with E-state index in [1.807, 2.05) is 0 Å². The summed E-state index contributed by atoms with van der Waals surface area (Å²) in [6, 6.07) is 13.2. The van der Waals surface area contributed by atoms with Crippen LogP contribution < -0.4 is 5.32 Å². The molecule has 26 heavy (non-hydrogen) atoms. The molecule has 0 aromatic heterocycles. The van der Waals surface area contributed by atoms with Crippen molar-refractivity contribution in [1.29, 1.82) is 0 Å². The van der Waals surface area contributed by atoms with Crippen LogP contribution in [0.3, 0.4) is 0 Å². The second kappa shape index (κ2) is 7.82. The summed E-state index contributed by atoms with van der Waals surface area (Å²) < 4.78 is 4.68. The molecule has 0 saturated carbocycles. The van der Waals surface area contributed by atoms with Crippen molar-refractivity contribution >= 4 is 23.5 Å². The highest BCUT2D eigenvalue weighted by molar-refractivity contribution is 6.06. The zero-order chi connectivity index (χ0) is 18.5. The van der Waals surface area contributed by atoms with Gasteiger partial charge in [-0.2, -0.15) is 0 Å². The summed E-state index contributed by atoms with van der Waals surface area (Å²) in [6.07, 6.45) is 2.03. The molecule has 0 aliphatic carbocycles. The summed E-state index contributed by atoms with van der Waals surface area (Å²) in [5.41, 5.74) is 1.72. The zero-order valence-electron chi connectivity index (χ0n) is 14.5. The predicted octanol–water partition coefficient (Wildman–Crippen LogP) is 2.96. The van der Waals surface area contributed by atoms with Gasteiger partial charge in [0, 0.05) is 29.9 Å². The Kier molecular flexibility index (Phi) is 5.31. The summed E-state index contributed by atoms with van der Waals surface area (Å²) in [5.74, 6) is -0.868. The van der Waals surface area contributed by atoms with E-state index in [1.165, 1.54) is 7.11 Å². The number of amides is 2. The Balaban J connectivity index is 1.75. The molecule has 1 saturated heterocycles. The number of hydrogen-bond donors (Lipinski definition) is 1. The molecule has 0 unspecified atom stereocenters. The lowest BCUT2D eigenvalue weighted by Crippen LogP contribution is -2.27. The van der Waals surface area contributed by atoms with Crippen LogP contribution in [0.2, 0.25) is 0 Å². The molecule has 2 aromatic carbocycles. The van der Waals surface area contributed by atoms with Crippen molar-refractivity contribution in [2.24, 2.45) is 0 Å². The minimum absolute atomic E-state index is 0.0511. The lowest BCUT2D eigenvalue weighted by atomic mass is 10.1. The Bertz CT molecular complexity index is 841. The maximum Gasteiger partial charge on any atom is 0.337 e. The fourth-order valence-corrected chi connectivity index (χ4v) is 2.94. The van der Waals surface area contributed by atoms with Crippen LogP contribution in [0.5, 0.6) is 0 Å². The standard InChI is InChI=1S/C20H20N2O4/c1-26-20(25)16-8-5-9-17(13-16)21-18(23)14-6-4-7-15(12-14)19(24)22-10-2-3-11-22/h4-9,12-13H,2-3,10-11H2,1H3,(H,21,23). The van der Waals surface area contributed by atoms with E-state index in [0.717, 1.165) is 25.9 Å². The van der Waals surface area contributed by atoms with Gasteiger partial charge in [-0.05, 0) is 49.2 Å². The number of nitrogens with zero attached hydrogens (tertiary/aromatic N) is 1. The number of carbonyl (C=O) groups is 3. The first-order valence-corrected chi connectivity index (χ1v) is 8.47. The van der Waals surface area contributed by atoms with Crippen molar-refractivity contribution in [2.75, 3.05) is 25.5 Å². The van der Waals surface area contributed by atoms with Crippen LogP contribution in [0.4, 0.5) is 5.69 Å². The highest BCUT2D eigenvalue weighted by Gasteiger charge is 2.20. The van der Waals surface area contributed by atoms with Crippen LogP contribution >= 0.6 is 0 Å². The molecule has 6 heteroatoms. The second-order valence-electron chi connectivity index (χ2n) is 6.11. The Morgan fingerprint density at radius 2 is 1.58 bits per heavy atom. The minimum atomic E-state index is -0.473. The number of ether oxygens (including phenoxy) is 1. The van der Waals surface area contributed by atoms with Crippen molar-refractivity contribution in [3.8, 4) is 0 Å². The Morgan fingerprint density at radius 1 is 0.923 bits per heavy atom. The number of anilines is 1. The van der Waals surface area contributed by atoms with Crippen molar-refractivity contribution in [3.63, 3.8) is 0 Å². The molecule has 0 spiro atoms. The van der Waals surface area contributed by atoms with E-state index in [0.29, 0.717) is 22.4 Å². The molecule has 1 aliphatic heterocycles. The van der Waals surface area contributed by atoms with Crippen LogP contribution in [0.25, 0.3) is 0 Å². The van der Waals surface area contributed by atoms with E-state index < -0.39 is 5.97 Å². The quantitative estimate of drug-likeness (QED) is 0.859. The summed E-state index contributed by atoms with van der Waals surface area (Å²) in [4.78, 5) is 38.4. The molecular formula is C20H20N2O4. The summed E-state index contributed by atoms with van der Waals surface area (Å²) in [5, 5.41) is 2.74. The van der Waals surface area contributed by atoms with Crippen molar-refractivity contribution in [3.05, 3.63) is 65.2 Å². The molecule has 3 rings (SSSR count). The number of likely N-dealkylation sites (tertiary alicyclic amines) is 1. The number of carbonyl (C=O) groups excluding carboxylic acids is 3. The van der Waals surface area contributed by atoms with Crippen LogP contribution in [-0.4, -0.2) is 42.9 Å². The lowest BCUT2D eigenvalue weighted by Gasteiger charge is -2.15. The van der Waals surface area contributed by atoms with E-state index in [2.05, 4.69) is 10.1 Å². The zero-order valence-corrected chi connectivity index (χ0v) is 14.5. The number of methoxy groups -OCH3 is 1. The largest absolute Gasteiger partial charge is 0.465 e. The van der Waals surface area contributed by atoms with Gasteiger partial charge in [-0.15, -0.1) is 0 Å². The number of esters is 1. The highest BCUT2D eigenvalue weighted by Crippen LogP contribution is 2.16. The molecule has 1 fully saturated rings. The first kappa shape index (κ1) is 17.7. The third-order valence-electron chi connectivity index (χ3n) is 4.31. The van der Waals surface area contributed by atoms with Gasteiger partial charge in [0.15, 0.2) is 0 Å². The first-order chi connectivity index (χ1) is 12.6. The van der Waals surface area contributed by atoms with Gasteiger partial charge in [0.25, 0.3) is 11.8 Å². The third kappa shape index (κ3) is 3.91. The van der Waals surface area contributed by atoms with Crippen LogP contribution in [0.15, 0.2) is 48.5 Å². The minimum Gasteiger partial charge on any atom is -0.465 e. The predicted molar refractivity (Wildman–Crippen MR) is 97.3 cm³/mol. The fourth-order valence-electron chi connectivity index (χ4n) is 2.94. The number of nitrogens with one attached hydrogen (secondary N) is 1. The number of benzene rings is 2. The van der Waals surface area contributed by atoms with Crippen LogP contribution in [0, 0.1) is 0 Å². The molecule has 1 aliphatic rings. The number of rotatable bonds is 4. The van der Waals surface area contributed by atoms with Gasteiger partial charge < -0.3 is 15.0 Å². The van der Waals surface area contributed by atoms with Gasteiger partial charge in [-0.25, -0.2) is 4.79 Å². The van der Waals surface area contributed by atoms with Crippen molar-refractivity contribution in [1.82, 2.24) is 4.90 Å². The lowest BCUT2D eigenvalue weighted by molar-refractivity contribution is 0.0600. The van der Waals surface area contributed by atoms with Gasteiger partial charge in [-0.1, -0.05) is 12.1 Å². The maximum absolute atomic E-state index is 12.5. The molecule has 0 atom stereocenters. The normalized spacial score (nSPS) is 13.3. The summed E-state index contributed by atoms with van der Waals surface area (Å²) in [7, 11) is 1.30.